The molecule has 1 aromatic carbocycles. The van der Waals surface area contributed by atoms with Crippen molar-refractivity contribution in [1.82, 2.24) is 9.97 Å². The van der Waals surface area contributed by atoms with Crippen molar-refractivity contribution in [2.75, 3.05) is 16.8 Å². The van der Waals surface area contributed by atoms with E-state index in [0.717, 1.165) is 30.9 Å². The summed E-state index contributed by atoms with van der Waals surface area (Å²) in [5.74, 6) is 0.700. The molecule has 0 bridgehead atoms. The lowest BCUT2D eigenvalue weighted by Gasteiger charge is -2.29. The Bertz CT molecular complexity index is 738. The van der Waals surface area contributed by atoms with Crippen LogP contribution in [0.5, 0.6) is 0 Å². The van der Waals surface area contributed by atoms with Gasteiger partial charge in [0.1, 0.15) is 11.5 Å². The van der Waals surface area contributed by atoms with Crippen LogP contribution in [-0.2, 0) is 6.42 Å². The number of hydrogen-bond acceptors (Lipinski definition) is 4. The normalized spacial score (nSPS) is 17.8. The molecule has 4 rings (SSSR count). The quantitative estimate of drug-likeness (QED) is 0.926. The van der Waals surface area contributed by atoms with Gasteiger partial charge in [0.25, 0.3) is 5.91 Å². The summed E-state index contributed by atoms with van der Waals surface area (Å²) in [6, 6.07) is 8.60. The van der Waals surface area contributed by atoms with Crippen LogP contribution in [0.25, 0.3) is 0 Å². The molecular weight excluding hydrogens is 312 g/mol. The smallest absolute Gasteiger partial charge is 0.278 e. The Morgan fingerprint density at radius 1 is 1.04 bits per heavy atom. The minimum absolute atomic E-state index is 0.0659. The molecular formula is C20H24N4O. The molecule has 1 amide bonds. The summed E-state index contributed by atoms with van der Waals surface area (Å²) in [5.41, 5.74) is 2.64. The van der Waals surface area contributed by atoms with E-state index >= 15 is 0 Å². The highest BCUT2D eigenvalue weighted by Crippen LogP contribution is 2.28. The summed E-state index contributed by atoms with van der Waals surface area (Å²) in [5, 5.41) is 3.44. The summed E-state index contributed by atoms with van der Waals surface area (Å²) >= 11 is 0. The van der Waals surface area contributed by atoms with Crippen LogP contribution in [0.2, 0.25) is 0 Å². The molecule has 1 aromatic heterocycles. The summed E-state index contributed by atoms with van der Waals surface area (Å²) < 4.78 is 0. The molecule has 1 aliphatic carbocycles. The third-order valence-corrected chi connectivity index (χ3v) is 5.18. The highest BCUT2D eigenvalue weighted by Gasteiger charge is 2.24. The number of para-hydroxylation sites is 1. The van der Waals surface area contributed by atoms with Crippen molar-refractivity contribution in [2.45, 2.75) is 51.0 Å². The lowest BCUT2D eigenvalue weighted by molar-refractivity contribution is 0.0980. The maximum atomic E-state index is 12.9. The van der Waals surface area contributed by atoms with Crippen LogP contribution < -0.4 is 10.2 Å². The van der Waals surface area contributed by atoms with E-state index in [-0.39, 0.29) is 5.91 Å². The van der Waals surface area contributed by atoms with E-state index in [1.54, 1.807) is 12.4 Å². The summed E-state index contributed by atoms with van der Waals surface area (Å²) in [7, 11) is 0. The van der Waals surface area contributed by atoms with Gasteiger partial charge in [-0.15, -0.1) is 0 Å². The van der Waals surface area contributed by atoms with Crippen LogP contribution in [0.4, 0.5) is 11.5 Å². The van der Waals surface area contributed by atoms with Crippen molar-refractivity contribution < 1.29 is 4.79 Å². The van der Waals surface area contributed by atoms with Gasteiger partial charge in [-0.2, -0.15) is 0 Å². The predicted octanol–water partition coefficient (Wildman–Crippen LogP) is 3.81. The third-order valence-electron chi connectivity index (χ3n) is 5.18. The molecule has 1 fully saturated rings. The second kappa shape index (κ2) is 7.21. The first kappa shape index (κ1) is 16.1. The number of benzene rings is 1. The van der Waals surface area contributed by atoms with Crippen LogP contribution >= 0.6 is 0 Å². The molecule has 2 aromatic rings. The standard InChI is InChI=1S/C20H24N4O/c25-20(24-12-6-8-15-7-4-5-11-18(15)24)17-13-22-19(14-21-17)23-16-9-2-1-3-10-16/h4-5,7,11,13-14,16H,1-3,6,8-10,12H2,(H,22,23). The number of carbonyl (C=O) groups excluding carboxylic acids is 1. The zero-order valence-corrected chi connectivity index (χ0v) is 14.4. The zero-order chi connectivity index (χ0) is 17.1. The maximum absolute atomic E-state index is 12.9. The average Bonchev–Trinajstić information content (AvgIpc) is 2.68. The van der Waals surface area contributed by atoms with E-state index in [0.29, 0.717) is 11.7 Å². The van der Waals surface area contributed by atoms with E-state index < -0.39 is 0 Å². The number of aromatic nitrogens is 2. The van der Waals surface area contributed by atoms with Crippen molar-refractivity contribution in [3.8, 4) is 0 Å². The van der Waals surface area contributed by atoms with Crippen molar-refractivity contribution in [3.63, 3.8) is 0 Å². The van der Waals surface area contributed by atoms with Crippen molar-refractivity contribution in [3.05, 3.63) is 47.9 Å². The average molecular weight is 336 g/mol. The Hall–Kier alpha value is -2.43. The molecule has 1 saturated carbocycles. The monoisotopic (exact) mass is 336 g/mol. The van der Waals surface area contributed by atoms with Crippen LogP contribution in [0, 0.1) is 0 Å². The number of amides is 1. The SMILES string of the molecule is O=C(c1cnc(NC2CCCCC2)cn1)N1CCCc2ccccc21. The van der Waals surface area contributed by atoms with Gasteiger partial charge in [0.15, 0.2) is 0 Å². The van der Waals surface area contributed by atoms with Crippen LogP contribution in [0.1, 0.15) is 54.6 Å². The zero-order valence-electron chi connectivity index (χ0n) is 14.4. The fourth-order valence-corrected chi connectivity index (χ4v) is 3.85. The topological polar surface area (TPSA) is 58.1 Å². The van der Waals surface area contributed by atoms with Crippen molar-refractivity contribution in [1.29, 1.82) is 0 Å². The molecule has 5 heteroatoms. The fourth-order valence-electron chi connectivity index (χ4n) is 3.85. The minimum atomic E-state index is -0.0659. The predicted molar refractivity (Wildman–Crippen MR) is 99.0 cm³/mol. The maximum Gasteiger partial charge on any atom is 0.278 e. The molecule has 0 atom stereocenters. The molecule has 1 aliphatic heterocycles. The lowest BCUT2D eigenvalue weighted by Crippen LogP contribution is -2.36. The molecule has 25 heavy (non-hydrogen) atoms. The van der Waals surface area contributed by atoms with Gasteiger partial charge < -0.3 is 10.2 Å². The number of rotatable bonds is 3. The largest absolute Gasteiger partial charge is 0.366 e. The second-order valence-corrected chi connectivity index (χ2v) is 6.96. The van der Waals surface area contributed by atoms with E-state index in [1.165, 1.54) is 37.7 Å². The number of hydrogen-bond donors (Lipinski definition) is 1. The summed E-state index contributed by atoms with van der Waals surface area (Å²) in [6.45, 7) is 0.736. The van der Waals surface area contributed by atoms with E-state index in [4.69, 9.17) is 0 Å². The van der Waals surface area contributed by atoms with Gasteiger partial charge in [-0.25, -0.2) is 9.97 Å². The first-order valence-corrected chi connectivity index (χ1v) is 9.29. The molecule has 0 radical (unpaired) electrons. The minimum Gasteiger partial charge on any atom is -0.366 e. The molecule has 0 spiro atoms. The number of nitrogens with zero attached hydrogens (tertiary/aromatic N) is 3. The highest BCUT2D eigenvalue weighted by molar-refractivity contribution is 6.05. The number of carbonyl (C=O) groups is 1. The molecule has 0 saturated heterocycles. The molecule has 1 N–H and O–H groups in total. The molecule has 2 aliphatic rings. The number of anilines is 2. The Balaban J connectivity index is 1.48. The van der Waals surface area contributed by atoms with Gasteiger partial charge in [0.05, 0.1) is 12.4 Å². The Kier molecular flexibility index (Phi) is 4.63. The Labute approximate surface area is 148 Å². The van der Waals surface area contributed by atoms with Crippen molar-refractivity contribution >= 4 is 17.4 Å². The summed E-state index contributed by atoms with van der Waals surface area (Å²) in [4.78, 5) is 23.5. The molecule has 0 unspecified atom stereocenters. The van der Waals surface area contributed by atoms with Crippen LogP contribution in [0.3, 0.4) is 0 Å². The third kappa shape index (κ3) is 3.50. The first-order valence-electron chi connectivity index (χ1n) is 9.29. The first-order chi connectivity index (χ1) is 12.3. The van der Waals surface area contributed by atoms with E-state index in [2.05, 4.69) is 21.4 Å². The molecule has 5 nitrogen and oxygen atoms in total. The number of nitrogens with one attached hydrogen (secondary N) is 1. The van der Waals surface area contributed by atoms with Crippen molar-refractivity contribution in [2.24, 2.45) is 0 Å². The lowest BCUT2D eigenvalue weighted by atomic mass is 9.96. The Morgan fingerprint density at radius 3 is 2.68 bits per heavy atom. The van der Waals surface area contributed by atoms with Crippen LogP contribution in [0.15, 0.2) is 36.7 Å². The summed E-state index contributed by atoms with van der Waals surface area (Å²) in [6.07, 6.45) is 11.6. The highest BCUT2D eigenvalue weighted by atomic mass is 16.2. The fraction of sp³-hybridized carbons (Fsp3) is 0.450. The second-order valence-electron chi connectivity index (χ2n) is 6.96. The van der Waals surface area contributed by atoms with Gasteiger partial charge in [0, 0.05) is 18.3 Å². The van der Waals surface area contributed by atoms with E-state index in [9.17, 15) is 4.79 Å². The van der Waals surface area contributed by atoms with Gasteiger partial charge in [-0.1, -0.05) is 37.5 Å². The molecule has 2 heterocycles. The van der Waals surface area contributed by atoms with Gasteiger partial charge in [0.2, 0.25) is 0 Å². The van der Waals surface area contributed by atoms with Gasteiger partial charge in [-0.05, 0) is 37.3 Å². The Morgan fingerprint density at radius 2 is 1.88 bits per heavy atom. The number of aryl methyl sites for hydroxylation is 1. The van der Waals surface area contributed by atoms with Crippen LogP contribution in [-0.4, -0.2) is 28.5 Å². The van der Waals surface area contributed by atoms with Gasteiger partial charge >= 0.3 is 0 Å². The van der Waals surface area contributed by atoms with E-state index in [1.807, 2.05) is 23.1 Å². The molecule has 130 valence electrons. The van der Waals surface area contributed by atoms with Gasteiger partial charge in [-0.3, -0.25) is 4.79 Å². The number of fused-ring (bicyclic) bond motifs is 1.